The topological polar surface area (TPSA) is 12.9 Å². The summed E-state index contributed by atoms with van der Waals surface area (Å²) in [5, 5.41) is 0. The number of rotatable bonds is 3. The SMILES string of the molecule is Cc1ccc(-c2ncc(-c3ccccc3)cc2-c2ccccc2)cc1. The highest BCUT2D eigenvalue weighted by Crippen LogP contribution is 2.33. The van der Waals surface area contributed by atoms with Gasteiger partial charge in [0.2, 0.25) is 0 Å². The van der Waals surface area contributed by atoms with Crippen molar-refractivity contribution in [1.82, 2.24) is 4.98 Å². The van der Waals surface area contributed by atoms with Crippen LogP contribution in [0.5, 0.6) is 0 Å². The molecule has 120 valence electrons. The highest BCUT2D eigenvalue weighted by Gasteiger charge is 2.11. The Balaban J connectivity index is 1.91. The van der Waals surface area contributed by atoms with Crippen molar-refractivity contribution in [2.45, 2.75) is 6.92 Å². The molecule has 0 amide bonds. The lowest BCUT2D eigenvalue weighted by Crippen LogP contribution is -1.91. The number of pyridine rings is 1. The number of nitrogens with zero attached hydrogens (tertiary/aromatic N) is 1. The second-order valence-corrected chi connectivity index (χ2v) is 6.22. The van der Waals surface area contributed by atoms with Gasteiger partial charge in [0.15, 0.2) is 0 Å². The Hall–Kier alpha value is -3.19. The molecule has 0 saturated heterocycles. The molecule has 1 heteroatoms. The first-order chi connectivity index (χ1) is 12.3. The second kappa shape index (κ2) is 6.74. The summed E-state index contributed by atoms with van der Waals surface area (Å²) in [6.45, 7) is 2.10. The zero-order valence-electron chi connectivity index (χ0n) is 14.2. The number of aromatic nitrogens is 1. The normalized spacial score (nSPS) is 10.6. The van der Waals surface area contributed by atoms with Gasteiger partial charge in [-0.25, -0.2) is 0 Å². The van der Waals surface area contributed by atoms with Crippen LogP contribution in [0.2, 0.25) is 0 Å². The average Bonchev–Trinajstić information content (AvgIpc) is 2.70. The fourth-order valence-corrected chi connectivity index (χ4v) is 3.03. The van der Waals surface area contributed by atoms with Gasteiger partial charge in [0.05, 0.1) is 5.69 Å². The van der Waals surface area contributed by atoms with E-state index in [9.17, 15) is 0 Å². The monoisotopic (exact) mass is 321 g/mol. The van der Waals surface area contributed by atoms with Gasteiger partial charge in [-0.3, -0.25) is 4.98 Å². The van der Waals surface area contributed by atoms with E-state index in [2.05, 4.69) is 85.8 Å². The van der Waals surface area contributed by atoms with Crippen molar-refractivity contribution in [3.63, 3.8) is 0 Å². The first-order valence-electron chi connectivity index (χ1n) is 8.49. The Morgan fingerprint density at radius 3 is 1.80 bits per heavy atom. The lowest BCUT2D eigenvalue weighted by molar-refractivity contribution is 1.32. The molecule has 0 atom stereocenters. The van der Waals surface area contributed by atoms with Gasteiger partial charge < -0.3 is 0 Å². The Morgan fingerprint density at radius 1 is 0.560 bits per heavy atom. The van der Waals surface area contributed by atoms with E-state index in [0.29, 0.717) is 0 Å². The van der Waals surface area contributed by atoms with Crippen LogP contribution in [0.25, 0.3) is 33.5 Å². The van der Waals surface area contributed by atoms with Crippen LogP contribution in [0.15, 0.2) is 97.2 Å². The molecule has 0 radical (unpaired) electrons. The molecule has 1 heterocycles. The van der Waals surface area contributed by atoms with E-state index in [1.54, 1.807) is 0 Å². The third kappa shape index (κ3) is 3.22. The largest absolute Gasteiger partial charge is 0.255 e. The maximum absolute atomic E-state index is 4.83. The maximum Gasteiger partial charge on any atom is 0.0780 e. The van der Waals surface area contributed by atoms with Crippen molar-refractivity contribution in [2.75, 3.05) is 0 Å². The predicted molar refractivity (Wildman–Crippen MR) is 105 cm³/mol. The van der Waals surface area contributed by atoms with Gasteiger partial charge in [-0.15, -0.1) is 0 Å². The number of aryl methyl sites for hydroxylation is 1. The lowest BCUT2D eigenvalue weighted by atomic mass is 9.95. The molecule has 1 nitrogen and oxygen atoms in total. The van der Waals surface area contributed by atoms with Gasteiger partial charge >= 0.3 is 0 Å². The van der Waals surface area contributed by atoms with Gasteiger partial charge in [-0.2, -0.15) is 0 Å². The van der Waals surface area contributed by atoms with E-state index in [0.717, 1.165) is 22.4 Å². The van der Waals surface area contributed by atoms with E-state index >= 15 is 0 Å². The van der Waals surface area contributed by atoms with Gasteiger partial charge in [0.1, 0.15) is 0 Å². The van der Waals surface area contributed by atoms with Crippen LogP contribution in [0.3, 0.4) is 0 Å². The van der Waals surface area contributed by atoms with E-state index < -0.39 is 0 Å². The standard InChI is InChI=1S/C24H19N/c1-18-12-14-21(15-13-18)24-23(20-10-6-3-7-11-20)16-22(17-25-24)19-8-4-2-5-9-19/h2-17H,1H3. The zero-order chi connectivity index (χ0) is 17.1. The van der Waals surface area contributed by atoms with Gasteiger partial charge in [0, 0.05) is 22.9 Å². The lowest BCUT2D eigenvalue weighted by Gasteiger charge is -2.12. The molecule has 0 bridgehead atoms. The molecule has 1 aromatic heterocycles. The molecule has 4 rings (SSSR count). The molecule has 0 saturated carbocycles. The third-order valence-electron chi connectivity index (χ3n) is 4.40. The molecule has 4 aromatic rings. The third-order valence-corrected chi connectivity index (χ3v) is 4.40. The smallest absolute Gasteiger partial charge is 0.0780 e. The minimum atomic E-state index is 1.02. The second-order valence-electron chi connectivity index (χ2n) is 6.22. The molecular formula is C24H19N. The van der Waals surface area contributed by atoms with Crippen molar-refractivity contribution in [3.8, 4) is 33.5 Å². The van der Waals surface area contributed by atoms with Crippen LogP contribution >= 0.6 is 0 Å². The Bertz CT molecular complexity index is 971. The summed E-state index contributed by atoms with van der Waals surface area (Å²) in [6, 6.07) is 31.7. The minimum absolute atomic E-state index is 1.02. The fraction of sp³-hybridized carbons (Fsp3) is 0.0417. The van der Waals surface area contributed by atoms with E-state index in [1.165, 1.54) is 16.7 Å². The summed E-state index contributed by atoms with van der Waals surface area (Å²) in [6.07, 6.45) is 1.97. The average molecular weight is 321 g/mol. The summed E-state index contributed by atoms with van der Waals surface area (Å²) in [7, 11) is 0. The molecule has 0 aliphatic carbocycles. The van der Waals surface area contributed by atoms with Crippen LogP contribution in [0.4, 0.5) is 0 Å². The van der Waals surface area contributed by atoms with Crippen LogP contribution in [0, 0.1) is 6.92 Å². The van der Waals surface area contributed by atoms with Gasteiger partial charge in [0.25, 0.3) is 0 Å². The Kier molecular flexibility index (Phi) is 4.14. The van der Waals surface area contributed by atoms with E-state index in [-0.39, 0.29) is 0 Å². The summed E-state index contributed by atoms with van der Waals surface area (Å²) in [5.74, 6) is 0. The van der Waals surface area contributed by atoms with E-state index in [1.807, 2.05) is 18.3 Å². The molecule has 0 fully saturated rings. The van der Waals surface area contributed by atoms with Crippen LogP contribution in [0.1, 0.15) is 5.56 Å². The highest BCUT2D eigenvalue weighted by atomic mass is 14.7. The van der Waals surface area contributed by atoms with Crippen molar-refractivity contribution >= 4 is 0 Å². The molecule has 25 heavy (non-hydrogen) atoms. The van der Waals surface area contributed by atoms with E-state index in [4.69, 9.17) is 4.98 Å². The first kappa shape index (κ1) is 15.3. The van der Waals surface area contributed by atoms with Crippen LogP contribution in [-0.2, 0) is 0 Å². The summed E-state index contributed by atoms with van der Waals surface area (Å²) < 4.78 is 0. The van der Waals surface area contributed by atoms with Crippen molar-refractivity contribution in [2.24, 2.45) is 0 Å². The molecule has 3 aromatic carbocycles. The number of benzene rings is 3. The molecule has 0 aliphatic rings. The summed E-state index contributed by atoms with van der Waals surface area (Å²) in [5.41, 5.74) is 8.08. The maximum atomic E-state index is 4.83. The van der Waals surface area contributed by atoms with Crippen LogP contribution < -0.4 is 0 Å². The molecular weight excluding hydrogens is 302 g/mol. The van der Waals surface area contributed by atoms with Gasteiger partial charge in [-0.1, -0.05) is 90.5 Å². The Morgan fingerprint density at radius 2 is 1.16 bits per heavy atom. The molecule has 0 spiro atoms. The molecule has 0 N–H and O–H groups in total. The van der Waals surface area contributed by atoms with Crippen LogP contribution in [-0.4, -0.2) is 4.98 Å². The molecule has 0 unspecified atom stereocenters. The summed E-state index contributed by atoms with van der Waals surface area (Å²) >= 11 is 0. The zero-order valence-corrected chi connectivity index (χ0v) is 14.2. The first-order valence-corrected chi connectivity index (χ1v) is 8.49. The Labute approximate surface area is 148 Å². The van der Waals surface area contributed by atoms with Crippen molar-refractivity contribution in [1.29, 1.82) is 0 Å². The van der Waals surface area contributed by atoms with Crippen molar-refractivity contribution in [3.05, 3.63) is 103 Å². The number of hydrogen-bond donors (Lipinski definition) is 0. The minimum Gasteiger partial charge on any atom is -0.255 e. The summed E-state index contributed by atoms with van der Waals surface area (Å²) in [4.78, 5) is 4.83. The predicted octanol–water partition coefficient (Wildman–Crippen LogP) is 6.39. The fourth-order valence-electron chi connectivity index (χ4n) is 3.03. The number of hydrogen-bond acceptors (Lipinski definition) is 1. The highest BCUT2D eigenvalue weighted by molar-refractivity contribution is 5.84. The van der Waals surface area contributed by atoms with Crippen molar-refractivity contribution < 1.29 is 0 Å². The quantitative estimate of drug-likeness (QED) is 0.426. The molecule has 0 aliphatic heterocycles. The van der Waals surface area contributed by atoms with Gasteiger partial charge in [-0.05, 0) is 24.1 Å².